The van der Waals surface area contributed by atoms with Crippen LogP contribution in [-0.4, -0.2) is 29.8 Å². The van der Waals surface area contributed by atoms with Gasteiger partial charge in [0, 0.05) is 19.6 Å². The van der Waals surface area contributed by atoms with Crippen molar-refractivity contribution in [2.24, 2.45) is 0 Å². The standard InChI is InChI=1S/C13H19NO4/c1-18-12-8-10(5-6-11(12)16)9-14-13(17)4-2-3-7-15/h5-6,8,15-16H,2-4,7,9H2,1H3,(H,14,17). The van der Waals surface area contributed by atoms with Crippen LogP contribution in [0.15, 0.2) is 18.2 Å². The zero-order valence-corrected chi connectivity index (χ0v) is 10.5. The minimum Gasteiger partial charge on any atom is -0.504 e. The first-order chi connectivity index (χ1) is 8.67. The number of aliphatic hydroxyl groups excluding tert-OH is 1. The van der Waals surface area contributed by atoms with Crippen molar-refractivity contribution in [1.82, 2.24) is 5.32 Å². The van der Waals surface area contributed by atoms with Crippen LogP contribution >= 0.6 is 0 Å². The van der Waals surface area contributed by atoms with Gasteiger partial charge in [-0.3, -0.25) is 4.79 Å². The number of amides is 1. The molecule has 0 saturated carbocycles. The molecule has 0 aliphatic carbocycles. The Labute approximate surface area is 106 Å². The fourth-order valence-electron chi connectivity index (χ4n) is 1.52. The lowest BCUT2D eigenvalue weighted by molar-refractivity contribution is -0.121. The van der Waals surface area contributed by atoms with Gasteiger partial charge in [0.2, 0.25) is 5.91 Å². The first kappa shape index (κ1) is 14.3. The van der Waals surface area contributed by atoms with Gasteiger partial charge in [-0.2, -0.15) is 0 Å². The second-order valence-corrected chi connectivity index (χ2v) is 3.96. The van der Waals surface area contributed by atoms with E-state index >= 15 is 0 Å². The maximum atomic E-state index is 11.4. The van der Waals surface area contributed by atoms with E-state index in [4.69, 9.17) is 9.84 Å². The molecule has 5 nitrogen and oxygen atoms in total. The van der Waals surface area contributed by atoms with Crippen LogP contribution in [0.25, 0.3) is 0 Å². The molecule has 1 aromatic carbocycles. The molecule has 1 rings (SSSR count). The molecular formula is C13H19NO4. The zero-order chi connectivity index (χ0) is 13.4. The van der Waals surface area contributed by atoms with Gasteiger partial charge in [-0.1, -0.05) is 6.07 Å². The van der Waals surface area contributed by atoms with Crippen molar-refractivity contribution in [3.05, 3.63) is 23.8 Å². The van der Waals surface area contributed by atoms with Crippen LogP contribution in [-0.2, 0) is 11.3 Å². The highest BCUT2D eigenvalue weighted by molar-refractivity contribution is 5.75. The maximum Gasteiger partial charge on any atom is 0.220 e. The molecule has 0 fully saturated rings. The molecule has 5 heteroatoms. The Balaban J connectivity index is 2.41. The molecule has 0 heterocycles. The van der Waals surface area contributed by atoms with E-state index in [9.17, 15) is 9.90 Å². The molecule has 1 amide bonds. The zero-order valence-electron chi connectivity index (χ0n) is 10.5. The van der Waals surface area contributed by atoms with Crippen LogP contribution in [0.4, 0.5) is 0 Å². The summed E-state index contributed by atoms with van der Waals surface area (Å²) >= 11 is 0. The first-order valence-corrected chi connectivity index (χ1v) is 5.91. The molecule has 0 radical (unpaired) electrons. The van der Waals surface area contributed by atoms with E-state index in [0.717, 1.165) is 5.56 Å². The lowest BCUT2D eigenvalue weighted by atomic mass is 10.2. The van der Waals surface area contributed by atoms with Gasteiger partial charge in [0.25, 0.3) is 0 Å². The summed E-state index contributed by atoms with van der Waals surface area (Å²) < 4.78 is 4.98. The van der Waals surface area contributed by atoms with Crippen LogP contribution in [0.3, 0.4) is 0 Å². The van der Waals surface area contributed by atoms with Gasteiger partial charge < -0.3 is 20.3 Å². The van der Waals surface area contributed by atoms with E-state index < -0.39 is 0 Å². The summed E-state index contributed by atoms with van der Waals surface area (Å²) in [5.74, 6) is 0.424. The minimum atomic E-state index is -0.0458. The van der Waals surface area contributed by atoms with Crippen LogP contribution in [0.5, 0.6) is 11.5 Å². The van der Waals surface area contributed by atoms with E-state index in [1.54, 1.807) is 12.1 Å². The number of ether oxygens (including phenoxy) is 1. The van der Waals surface area contributed by atoms with Gasteiger partial charge in [-0.25, -0.2) is 0 Å². The maximum absolute atomic E-state index is 11.4. The fraction of sp³-hybridized carbons (Fsp3) is 0.462. The van der Waals surface area contributed by atoms with Crippen molar-refractivity contribution in [1.29, 1.82) is 0 Å². The van der Waals surface area contributed by atoms with Crippen LogP contribution in [0.2, 0.25) is 0 Å². The smallest absolute Gasteiger partial charge is 0.220 e. The molecule has 3 N–H and O–H groups in total. The molecule has 0 aromatic heterocycles. The van der Waals surface area contributed by atoms with E-state index in [1.165, 1.54) is 13.2 Å². The van der Waals surface area contributed by atoms with Crippen molar-refractivity contribution in [3.63, 3.8) is 0 Å². The number of hydrogen-bond acceptors (Lipinski definition) is 4. The molecule has 0 saturated heterocycles. The number of phenolic OH excluding ortho intramolecular Hbond substituents is 1. The number of phenols is 1. The minimum absolute atomic E-state index is 0.0458. The van der Waals surface area contributed by atoms with E-state index in [0.29, 0.717) is 31.6 Å². The molecule has 0 aliphatic rings. The molecule has 0 unspecified atom stereocenters. The number of carbonyl (C=O) groups excluding carboxylic acids is 1. The van der Waals surface area contributed by atoms with Gasteiger partial charge in [0.15, 0.2) is 11.5 Å². The fourth-order valence-corrected chi connectivity index (χ4v) is 1.52. The molecular weight excluding hydrogens is 234 g/mol. The lowest BCUT2D eigenvalue weighted by Crippen LogP contribution is -2.22. The summed E-state index contributed by atoms with van der Waals surface area (Å²) in [6, 6.07) is 4.95. The van der Waals surface area contributed by atoms with Gasteiger partial charge in [-0.15, -0.1) is 0 Å². The van der Waals surface area contributed by atoms with Crippen LogP contribution < -0.4 is 10.1 Å². The van der Waals surface area contributed by atoms with Crippen LogP contribution in [0, 0.1) is 0 Å². The Kier molecular flexibility index (Phi) is 6.00. The number of carbonyl (C=O) groups is 1. The molecule has 100 valence electrons. The predicted molar refractivity (Wildman–Crippen MR) is 67.4 cm³/mol. The number of unbranched alkanes of at least 4 members (excludes halogenated alkanes) is 1. The number of aromatic hydroxyl groups is 1. The Morgan fingerprint density at radius 3 is 2.83 bits per heavy atom. The van der Waals surface area contributed by atoms with Crippen molar-refractivity contribution >= 4 is 5.91 Å². The number of aliphatic hydroxyl groups is 1. The van der Waals surface area contributed by atoms with Crippen molar-refractivity contribution in [3.8, 4) is 11.5 Å². The van der Waals surface area contributed by atoms with E-state index in [2.05, 4.69) is 5.32 Å². The molecule has 18 heavy (non-hydrogen) atoms. The number of benzene rings is 1. The second kappa shape index (κ2) is 7.55. The third-order valence-electron chi connectivity index (χ3n) is 2.55. The quantitative estimate of drug-likeness (QED) is 0.638. The lowest BCUT2D eigenvalue weighted by Gasteiger charge is -2.08. The van der Waals surface area contributed by atoms with Crippen molar-refractivity contribution in [2.75, 3.05) is 13.7 Å². The van der Waals surface area contributed by atoms with Gasteiger partial charge in [0.1, 0.15) is 0 Å². The third-order valence-corrected chi connectivity index (χ3v) is 2.55. The summed E-state index contributed by atoms with van der Waals surface area (Å²) in [6.45, 7) is 0.511. The number of hydrogen-bond donors (Lipinski definition) is 3. The first-order valence-electron chi connectivity index (χ1n) is 5.91. The summed E-state index contributed by atoms with van der Waals surface area (Å²) in [7, 11) is 1.48. The number of methoxy groups -OCH3 is 1. The Morgan fingerprint density at radius 1 is 1.39 bits per heavy atom. The summed E-state index contributed by atoms with van der Waals surface area (Å²) in [4.78, 5) is 11.4. The Bertz CT molecular complexity index is 393. The Hall–Kier alpha value is -1.75. The normalized spacial score (nSPS) is 10.1. The SMILES string of the molecule is COc1cc(CNC(=O)CCCCO)ccc1O. The molecule has 0 aliphatic heterocycles. The van der Waals surface area contributed by atoms with E-state index in [1.807, 2.05) is 0 Å². The number of nitrogens with one attached hydrogen (secondary N) is 1. The molecule has 0 spiro atoms. The number of rotatable bonds is 7. The topological polar surface area (TPSA) is 78.8 Å². The highest BCUT2D eigenvalue weighted by Crippen LogP contribution is 2.26. The highest BCUT2D eigenvalue weighted by atomic mass is 16.5. The summed E-state index contributed by atoms with van der Waals surface area (Å²) in [6.07, 6.45) is 1.73. The largest absolute Gasteiger partial charge is 0.504 e. The van der Waals surface area contributed by atoms with Gasteiger partial charge in [0.05, 0.1) is 7.11 Å². The Morgan fingerprint density at radius 2 is 2.17 bits per heavy atom. The predicted octanol–water partition coefficient (Wildman–Crippen LogP) is 1.18. The average molecular weight is 253 g/mol. The highest BCUT2D eigenvalue weighted by Gasteiger charge is 2.04. The molecule has 1 aromatic rings. The third kappa shape index (κ3) is 4.63. The molecule has 0 atom stereocenters. The van der Waals surface area contributed by atoms with Gasteiger partial charge >= 0.3 is 0 Å². The molecule has 0 bridgehead atoms. The van der Waals surface area contributed by atoms with Crippen molar-refractivity contribution < 1.29 is 19.7 Å². The summed E-state index contributed by atoms with van der Waals surface area (Å²) in [5.41, 5.74) is 0.861. The van der Waals surface area contributed by atoms with Crippen LogP contribution in [0.1, 0.15) is 24.8 Å². The van der Waals surface area contributed by atoms with Gasteiger partial charge in [-0.05, 0) is 30.5 Å². The monoisotopic (exact) mass is 253 g/mol. The van der Waals surface area contributed by atoms with Crippen molar-refractivity contribution in [2.45, 2.75) is 25.8 Å². The average Bonchev–Trinajstić information content (AvgIpc) is 2.38. The second-order valence-electron chi connectivity index (χ2n) is 3.96. The summed E-state index contributed by atoms with van der Waals surface area (Å²) in [5, 5.41) is 20.8. The van der Waals surface area contributed by atoms with E-state index in [-0.39, 0.29) is 18.3 Å².